The summed E-state index contributed by atoms with van der Waals surface area (Å²) in [5.74, 6) is -4.88. The Morgan fingerprint density at radius 1 is 1.32 bits per heavy atom. The van der Waals surface area contributed by atoms with Gasteiger partial charge in [0.2, 0.25) is 10.0 Å². The Morgan fingerprint density at radius 2 is 1.86 bits per heavy atom. The van der Waals surface area contributed by atoms with E-state index in [1.54, 1.807) is 0 Å². The fraction of sp³-hybridized carbons (Fsp3) is 0.462. The Bertz CT molecular complexity index is 657. The molecule has 0 radical (unpaired) electrons. The van der Waals surface area contributed by atoms with Gasteiger partial charge < -0.3 is 9.84 Å². The van der Waals surface area contributed by atoms with Crippen LogP contribution in [0.15, 0.2) is 29.2 Å². The second-order valence-electron chi connectivity index (χ2n) is 5.06. The number of sulfonamides is 1. The molecule has 2 N–H and O–H groups in total. The van der Waals surface area contributed by atoms with Gasteiger partial charge in [-0.15, -0.1) is 0 Å². The fourth-order valence-corrected chi connectivity index (χ4v) is 3.48. The van der Waals surface area contributed by atoms with Gasteiger partial charge in [-0.25, -0.2) is 17.2 Å². The van der Waals surface area contributed by atoms with Crippen molar-refractivity contribution in [1.82, 2.24) is 4.72 Å². The third-order valence-electron chi connectivity index (χ3n) is 2.91. The van der Waals surface area contributed by atoms with E-state index >= 15 is 0 Å². The van der Waals surface area contributed by atoms with Crippen LogP contribution >= 0.6 is 0 Å². The predicted octanol–water partition coefficient (Wildman–Crippen LogP) is 1.57. The van der Waals surface area contributed by atoms with Crippen molar-refractivity contribution in [3.8, 4) is 0 Å². The molecule has 0 bridgehead atoms. The zero-order valence-electron chi connectivity index (χ0n) is 12.3. The van der Waals surface area contributed by atoms with Gasteiger partial charge in [-0.2, -0.15) is 4.72 Å². The van der Waals surface area contributed by atoms with Crippen molar-refractivity contribution in [2.24, 2.45) is 0 Å². The van der Waals surface area contributed by atoms with Crippen LogP contribution < -0.4 is 4.72 Å². The number of methoxy groups -OCH3 is 1. The van der Waals surface area contributed by atoms with Gasteiger partial charge in [0.25, 0.3) is 5.92 Å². The third kappa shape index (κ3) is 3.99. The first kappa shape index (κ1) is 18.5. The quantitative estimate of drug-likeness (QED) is 0.788. The molecule has 0 saturated heterocycles. The number of carboxylic acids is 1. The topological polar surface area (TPSA) is 92.7 Å². The summed E-state index contributed by atoms with van der Waals surface area (Å²) in [5, 5.41) is 9.15. The van der Waals surface area contributed by atoms with Crippen LogP contribution in [0.5, 0.6) is 0 Å². The monoisotopic (exact) mass is 337 g/mol. The smallest absolute Gasteiger partial charge is 0.327 e. The minimum Gasteiger partial charge on any atom is -0.480 e. The first-order chi connectivity index (χ1) is 9.94. The molecule has 1 unspecified atom stereocenters. The van der Waals surface area contributed by atoms with Crippen LogP contribution in [0.25, 0.3) is 0 Å². The third-order valence-corrected chi connectivity index (χ3v) is 4.57. The van der Waals surface area contributed by atoms with Crippen molar-refractivity contribution >= 4 is 16.0 Å². The number of ether oxygens (including phenoxy) is 1. The SMILES string of the molecule is COCC(C)(NS(=O)(=O)c1ccccc1C(C)(F)F)C(=O)O. The summed E-state index contributed by atoms with van der Waals surface area (Å²) < 4.78 is 58.4. The standard InChI is InChI=1S/C13H17F2NO5S/c1-12(8-21-3,11(17)18)16-22(19,20)10-7-5-4-6-9(10)13(2,14)15/h4-7,16H,8H2,1-3H3,(H,17,18). The van der Waals surface area contributed by atoms with Crippen molar-refractivity contribution in [2.75, 3.05) is 13.7 Å². The van der Waals surface area contributed by atoms with Crippen LogP contribution in [0, 0.1) is 0 Å². The van der Waals surface area contributed by atoms with E-state index < -0.39 is 44.5 Å². The number of hydrogen-bond donors (Lipinski definition) is 2. The number of hydrogen-bond acceptors (Lipinski definition) is 4. The lowest BCUT2D eigenvalue weighted by Crippen LogP contribution is -2.55. The molecule has 0 aliphatic carbocycles. The minimum absolute atomic E-state index is 0.466. The highest BCUT2D eigenvalue weighted by Crippen LogP contribution is 2.32. The van der Waals surface area contributed by atoms with E-state index in [0.29, 0.717) is 6.92 Å². The lowest BCUT2D eigenvalue weighted by molar-refractivity contribution is -0.145. The summed E-state index contributed by atoms with van der Waals surface area (Å²) in [6, 6.07) is 4.52. The summed E-state index contributed by atoms with van der Waals surface area (Å²) >= 11 is 0. The largest absolute Gasteiger partial charge is 0.480 e. The summed E-state index contributed by atoms with van der Waals surface area (Å²) in [7, 11) is -3.29. The molecule has 6 nitrogen and oxygen atoms in total. The van der Waals surface area contributed by atoms with Gasteiger partial charge in [-0.3, -0.25) is 4.79 Å². The van der Waals surface area contributed by atoms with Gasteiger partial charge in [0.15, 0.2) is 5.54 Å². The molecule has 1 rings (SSSR count). The molecule has 0 amide bonds. The first-order valence-corrected chi connectivity index (χ1v) is 7.66. The molecule has 9 heteroatoms. The molecule has 0 aromatic heterocycles. The molecule has 0 saturated carbocycles. The van der Waals surface area contributed by atoms with Crippen molar-refractivity contribution in [3.63, 3.8) is 0 Å². The molecule has 0 spiro atoms. The molecule has 22 heavy (non-hydrogen) atoms. The Hall–Kier alpha value is -1.58. The van der Waals surface area contributed by atoms with Gasteiger partial charge in [0.05, 0.1) is 11.5 Å². The number of alkyl halides is 2. The van der Waals surface area contributed by atoms with Crippen molar-refractivity contribution in [2.45, 2.75) is 30.2 Å². The van der Waals surface area contributed by atoms with Crippen molar-refractivity contribution < 1.29 is 31.8 Å². The van der Waals surface area contributed by atoms with Crippen LogP contribution in [-0.4, -0.2) is 38.7 Å². The molecule has 0 aliphatic heterocycles. The first-order valence-electron chi connectivity index (χ1n) is 6.18. The van der Waals surface area contributed by atoms with Gasteiger partial charge >= 0.3 is 5.97 Å². The highest BCUT2D eigenvalue weighted by Gasteiger charge is 2.40. The normalized spacial score (nSPS) is 15.3. The zero-order chi connectivity index (χ0) is 17.2. The average Bonchev–Trinajstić information content (AvgIpc) is 2.37. The summed E-state index contributed by atoms with van der Waals surface area (Å²) in [4.78, 5) is 10.6. The lowest BCUT2D eigenvalue weighted by atomic mass is 10.1. The van der Waals surface area contributed by atoms with E-state index in [1.807, 2.05) is 4.72 Å². The van der Waals surface area contributed by atoms with Gasteiger partial charge in [0, 0.05) is 19.6 Å². The highest BCUT2D eigenvalue weighted by molar-refractivity contribution is 7.89. The number of aliphatic carboxylic acids is 1. The summed E-state index contributed by atoms with van der Waals surface area (Å²) in [6.07, 6.45) is 0. The Balaban J connectivity index is 3.35. The van der Waals surface area contributed by atoms with Crippen molar-refractivity contribution in [1.29, 1.82) is 0 Å². The van der Waals surface area contributed by atoms with E-state index in [2.05, 4.69) is 0 Å². The molecule has 1 aromatic rings. The van der Waals surface area contributed by atoms with Gasteiger partial charge in [-0.05, 0) is 13.0 Å². The van der Waals surface area contributed by atoms with Crippen LogP contribution in [-0.2, 0) is 25.5 Å². The molecule has 0 fully saturated rings. The number of halogens is 2. The molecule has 124 valence electrons. The van der Waals surface area contributed by atoms with Gasteiger partial charge in [-0.1, -0.05) is 18.2 Å². The second-order valence-corrected chi connectivity index (χ2v) is 6.71. The number of carboxylic acid groups (broad SMARTS) is 1. The minimum atomic E-state index is -4.49. The number of benzene rings is 1. The van der Waals surface area contributed by atoms with E-state index in [0.717, 1.165) is 19.1 Å². The Labute approximate surface area is 127 Å². The molecule has 0 aliphatic rings. The molecule has 1 aromatic carbocycles. The van der Waals surface area contributed by atoms with Crippen LogP contribution in [0.3, 0.4) is 0 Å². The molecular formula is C13H17F2NO5S. The predicted molar refractivity (Wildman–Crippen MR) is 74.2 cm³/mol. The molecular weight excluding hydrogens is 320 g/mol. The van der Waals surface area contributed by atoms with E-state index in [9.17, 15) is 22.0 Å². The van der Waals surface area contributed by atoms with Crippen molar-refractivity contribution in [3.05, 3.63) is 29.8 Å². The average molecular weight is 337 g/mol. The van der Waals surface area contributed by atoms with E-state index in [-0.39, 0.29) is 0 Å². The highest BCUT2D eigenvalue weighted by atomic mass is 32.2. The van der Waals surface area contributed by atoms with Crippen LogP contribution in [0.2, 0.25) is 0 Å². The Kier molecular flexibility index (Phi) is 5.26. The molecule has 1 atom stereocenters. The van der Waals surface area contributed by atoms with E-state index in [4.69, 9.17) is 9.84 Å². The van der Waals surface area contributed by atoms with E-state index in [1.165, 1.54) is 19.2 Å². The Morgan fingerprint density at radius 3 is 2.32 bits per heavy atom. The summed E-state index contributed by atoms with van der Waals surface area (Å²) in [6.45, 7) is 1.18. The maximum Gasteiger partial charge on any atom is 0.327 e. The lowest BCUT2D eigenvalue weighted by Gasteiger charge is -2.26. The number of carbonyl (C=O) groups is 1. The number of nitrogens with one attached hydrogen (secondary N) is 1. The number of rotatable bonds is 7. The maximum absolute atomic E-state index is 13.6. The summed E-state index contributed by atoms with van der Waals surface area (Å²) in [5.41, 5.74) is -2.70. The van der Waals surface area contributed by atoms with Crippen LogP contribution in [0.1, 0.15) is 19.4 Å². The molecule has 0 heterocycles. The van der Waals surface area contributed by atoms with Crippen LogP contribution in [0.4, 0.5) is 8.78 Å². The fourth-order valence-electron chi connectivity index (χ4n) is 1.84. The van der Waals surface area contributed by atoms with Gasteiger partial charge in [0.1, 0.15) is 0 Å². The maximum atomic E-state index is 13.6. The zero-order valence-corrected chi connectivity index (χ0v) is 13.1. The second kappa shape index (κ2) is 6.27.